The zero-order chi connectivity index (χ0) is 22.6. The highest BCUT2D eigenvalue weighted by Gasteiger charge is 2.30. The highest BCUT2D eigenvalue weighted by atomic mass is 16.6. The van der Waals surface area contributed by atoms with E-state index in [1.165, 1.54) is 11.0 Å². The highest BCUT2D eigenvalue weighted by molar-refractivity contribution is 5.92. The zero-order valence-electron chi connectivity index (χ0n) is 18.6. The predicted octanol–water partition coefficient (Wildman–Crippen LogP) is 4.29. The van der Waals surface area contributed by atoms with E-state index in [0.717, 1.165) is 37.4 Å². The van der Waals surface area contributed by atoms with E-state index in [2.05, 4.69) is 16.8 Å². The van der Waals surface area contributed by atoms with E-state index >= 15 is 0 Å². The van der Waals surface area contributed by atoms with E-state index in [1.54, 1.807) is 32.9 Å². The topological polar surface area (TPSA) is 79.2 Å². The SMILES string of the molecule is CN1CCN(c2ccc([N+](=O)[O-])c(N(Cc3ccccc3)C(=O)OC(C)(C)C)c2)CC1. The number of rotatable bonds is 5. The van der Waals surface area contributed by atoms with Crippen LogP contribution in [0.2, 0.25) is 0 Å². The van der Waals surface area contributed by atoms with Gasteiger partial charge in [0.2, 0.25) is 0 Å². The number of nitro groups is 1. The summed E-state index contributed by atoms with van der Waals surface area (Å²) in [5.74, 6) is 0. The Hall–Kier alpha value is -3.13. The van der Waals surface area contributed by atoms with Crippen LogP contribution >= 0.6 is 0 Å². The molecule has 1 amide bonds. The number of ether oxygens (including phenoxy) is 1. The molecule has 166 valence electrons. The highest BCUT2D eigenvalue weighted by Crippen LogP contribution is 2.35. The van der Waals surface area contributed by atoms with Crippen molar-refractivity contribution in [2.45, 2.75) is 32.9 Å². The minimum atomic E-state index is -0.726. The van der Waals surface area contributed by atoms with Crippen molar-refractivity contribution >= 4 is 23.2 Å². The number of nitro benzene ring substituents is 1. The lowest BCUT2D eigenvalue weighted by atomic mass is 10.1. The molecule has 2 aromatic carbocycles. The number of likely N-dealkylation sites (N-methyl/N-ethyl adjacent to an activating group) is 1. The number of piperazine rings is 1. The summed E-state index contributed by atoms with van der Waals surface area (Å²) in [7, 11) is 2.07. The van der Waals surface area contributed by atoms with Crippen molar-refractivity contribution in [1.29, 1.82) is 0 Å². The Kier molecular flexibility index (Phi) is 6.80. The minimum Gasteiger partial charge on any atom is -0.443 e. The molecule has 0 saturated carbocycles. The average Bonchev–Trinajstić information content (AvgIpc) is 2.71. The van der Waals surface area contributed by atoms with Crippen molar-refractivity contribution in [1.82, 2.24) is 4.90 Å². The lowest BCUT2D eigenvalue weighted by molar-refractivity contribution is -0.384. The van der Waals surface area contributed by atoms with Crippen molar-refractivity contribution in [3.05, 3.63) is 64.2 Å². The first-order valence-corrected chi connectivity index (χ1v) is 10.4. The maximum atomic E-state index is 13.1. The molecule has 31 heavy (non-hydrogen) atoms. The summed E-state index contributed by atoms with van der Waals surface area (Å²) in [5.41, 5.74) is 1.10. The molecular formula is C23H30N4O4. The Morgan fingerprint density at radius 2 is 1.74 bits per heavy atom. The third-order valence-corrected chi connectivity index (χ3v) is 5.11. The number of carbonyl (C=O) groups is 1. The summed E-state index contributed by atoms with van der Waals surface area (Å²) >= 11 is 0. The molecule has 0 aliphatic carbocycles. The third-order valence-electron chi connectivity index (χ3n) is 5.11. The Morgan fingerprint density at radius 3 is 2.32 bits per heavy atom. The van der Waals surface area contributed by atoms with Gasteiger partial charge in [0.25, 0.3) is 5.69 Å². The number of amides is 1. The molecule has 0 spiro atoms. The van der Waals surface area contributed by atoms with Crippen LogP contribution in [0.3, 0.4) is 0 Å². The molecule has 1 fully saturated rings. The van der Waals surface area contributed by atoms with Gasteiger partial charge < -0.3 is 14.5 Å². The first-order valence-electron chi connectivity index (χ1n) is 10.4. The van der Waals surface area contributed by atoms with Gasteiger partial charge in [0, 0.05) is 37.9 Å². The first kappa shape index (κ1) is 22.6. The van der Waals surface area contributed by atoms with Gasteiger partial charge in [0.05, 0.1) is 11.5 Å². The van der Waals surface area contributed by atoms with E-state index < -0.39 is 16.6 Å². The molecular weight excluding hydrogens is 396 g/mol. The van der Waals surface area contributed by atoms with Gasteiger partial charge in [-0.1, -0.05) is 30.3 Å². The number of carbonyl (C=O) groups excluding carboxylic acids is 1. The fourth-order valence-corrected chi connectivity index (χ4v) is 3.47. The van der Waals surface area contributed by atoms with Crippen LogP contribution < -0.4 is 9.80 Å². The monoisotopic (exact) mass is 426 g/mol. The molecule has 1 heterocycles. The fourth-order valence-electron chi connectivity index (χ4n) is 3.47. The number of anilines is 2. The summed E-state index contributed by atoms with van der Waals surface area (Å²) in [4.78, 5) is 30.3. The van der Waals surface area contributed by atoms with Crippen molar-refractivity contribution in [2.24, 2.45) is 0 Å². The van der Waals surface area contributed by atoms with Crippen molar-refractivity contribution in [2.75, 3.05) is 43.0 Å². The standard InChI is InChI=1S/C23H30N4O4/c1-23(2,3)31-22(28)26(17-18-8-6-5-7-9-18)21-16-19(10-11-20(21)27(29)30)25-14-12-24(4)13-15-25/h5-11,16H,12-15,17H2,1-4H3. The predicted molar refractivity (Wildman–Crippen MR) is 122 cm³/mol. The molecule has 2 aromatic rings. The number of nitrogens with zero attached hydrogens (tertiary/aromatic N) is 4. The maximum Gasteiger partial charge on any atom is 0.415 e. The molecule has 1 aliphatic rings. The van der Waals surface area contributed by atoms with Crippen LogP contribution in [-0.2, 0) is 11.3 Å². The largest absolute Gasteiger partial charge is 0.443 e. The molecule has 0 aromatic heterocycles. The lowest BCUT2D eigenvalue weighted by Crippen LogP contribution is -2.44. The van der Waals surface area contributed by atoms with Gasteiger partial charge in [-0.15, -0.1) is 0 Å². The van der Waals surface area contributed by atoms with Gasteiger partial charge in [-0.25, -0.2) is 4.79 Å². The summed E-state index contributed by atoms with van der Waals surface area (Å²) in [5, 5.41) is 11.8. The Morgan fingerprint density at radius 1 is 1.10 bits per heavy atom. The Labute approximate surface area is 183 Å². The molecule has 1 saturated heterocycles. The normalized spacial score (nSPS) is 14.9. The van der Waals surface area contributed by atoms with Gasteiger partial charge in [-0.2, -0.15) is 0 Å². The van der Waals surface area contributed by atoms with Crippen LogP contribution in [0.15, 0.2) is 48.5 Å². The molecule has 0 atom stereocenters. The number of hydrogen-bond acceptors (Lipinski definition) is 6. The van der Waals surface area contributed by atoms with Crippen molar-refractivity contribution in [3.63, 3.8) is 0 Å². The summed E-state index contributed by atoms with van der Waals surface area (Å²) in [6.45, 7) is 8.96. The van der Waals surface area contributed by atoms with Gasteiger partial charge in [-0.05, 0) is 45.5 Å². The Bertz CT molecular complexity index is 919. The molecule has 0 bridgehead atoms. The van der Waals surface area contributed by atoms with E-state index in [9.17, 15) is 14.9 Å². The van der Waals surface area contributed by atoms with Gasteiger partial charge >= 0.3 is 6.09 Å². The fraction of sp³-hybridized carbons (Fsp3) is 0.435. The molecule has 0 unspecified atom stereocenters. The van der Waals surface area contributed by atoms with Crippen molar-refractivity contribution < 1.29 is 14.5 Å². The molecule has 0 radical (unpaired) electrons. The van der Waals surface area contributed by atoms with E-state index in [1.807, 2.05) is 30.3 Å². The van der Waals surface area contributed by atoms with E-state index in [4.69, 9.17) is 4.74 Å². The maximum absolute atomic E-state index is 13.1. The van der Waals surface area contributed by atoms with Gasteiger partial charge in [0.15, 0.2) is 0 Å². The van der Waals surface area contributed by atoms with Crippen LogP contribution in [0, 0.1) is 10.1 Å². The minimum absolute atomic E-state index is 0.125. The quantitative estimate of drug-likeness (QED) is 0.524. The van der Waals surface area contributed by atoms with Crippen LogP contribution in [-0.4, -0.2) is 54.7 Å². The number of benzene rings is 2. The Balaban J connectivity index is 2.03. The van der Waals surface area contributed by atoms with E-state index in [0.29, 0.717) is 0 Å². The van der Waals surface area contributed by atoms with Crippen LogP contribution in [0.25, 0.3) is 0 Å². The second-order valence-electron chi connectivity index (χ2n) is 8.77. The lowest BCUT2D eigenvalue weighted by Gasteiger charge is -2.34. The summed E-state index contributed by atoms with van der Waals surface area (Å²) < 4.78 is 5.60. The third kappa shape index (κ3) is 5.95. The zero-order valence-corrected chi connectivity index (χ0v) is 18.6. The van der Waals surface area contributed by atoms with Crippen LogP contribution in [0.4, 0.5) is 21.9 Å². The number of hydrogen-bond donors (Lipinski definition) is 0. The first-order chi connectivity index (χ1) is 14.6. The summed E-state index contributed by atoms with van der Waals surface area (Å²) in [6.07, 6.45) is -0.616. The van der Waals surface area contributed by atoms with E-state index in [-0.39, 0.29) is 17.9 Å². The second kappa shape index (κ2) is 9.34. The molecule has 0 N–H and O–H groups in total. The smallest absolute Gasteiger partial charge is 0.415 e. The molecule has 8 heteroatoms. The van der Waals surface area contributed by atoms with Crippen LogP contribution in [0.5, 0.6) is 0 Å². The molecule has 8 nitrogen and oxygen atoms in total. The van der Waals surface area contributed by atoms with Gasteiger partial charge in [-0.3, -0.25) is 15.0 Å². The molecule has 1 aliphatic heterocycles. The van der Waals surface area contributed by atoms with Gasteiger partial charge in [0.1, 0.15) is 11.3 Å². The second-order valence-corrected chi connectivity index (χ2v) is 8.77. The molecule has 3 rings (SSSR count). The van der Waals surface area contributed by atoms with Crippen LogP contribution in [0.1, 0.15) is 26.3 Å². The van der Waals surface area contributed by atoms with Crippen molar-refractivity contribution in [3.8, 4) is 0 Å². The summed E-state index contributed by atoms with van der Waals surface area (Å²) in [6, 6.07) is 14.4. The average molecular weight is 427 g/mol.